The van der Waals surface area contributed by atoms with Crippen molar-refractivity contribution in [2.45, 2.75) is 19.0 Å². The van der Waals surface area contributed by atoms with Gasteiger partial charge in [-0.1, -0.05) is 72.8 Å². The standard InChI is InChI=1S/C29H22N2O3/c32-27(24-15-7-11-19-8-3-4-12-23(19)24)30-17-21-10-2-1-9-20(21)16-22(30)18-31-28(33)25-13-5-6-14-26(25)29(31)34/h1-15,22H,16-18H2. The fourth-order valence-electron chi connectivity index (χ4n) is 5.17. The summed E-state index contributed by atoms with van der Waals surface area (Å²) < 4.78 is 0. The number of fused-ring (bicyclic) bond motifs is 3. The molecule has 166 valence electrons. The Labute approximate surface area is 197 Å². The summed E-state index contributed by atoms with van der Waals surface area (Å²) in [6.45, 7) is 0.600. The monoisotopic (exact) mass is 446 g/mol. The summed E-state index contributed by atoms with van der Waals surface area (Å²) in [6, 6.07) is 28.2. The molecule has 0 radical (unpaired) electrons. The van der Waals surface area contributed by atoms with Gasteiger partial charge in [-0.2, -0.15) is 0 Å². The van der Waals surface area contributed by atoms with Crippen LogP contribution in [0.3, 0.4) is 0 Å². The van der Waals surface area contributed by atoms with Gasteiger partial charge in [0.15, 0.2) is 0 Å². The largest absolute Gasteiger partial charge is 0.329 e. The van der Waals surface area contributed by atoms with E-state index in [0.29, 0.717) is 29.7 Å². The van der Waals surface area contributed by atoms with Crippen molar-refractivity contribution in [1.82, 2.24) is 9.80 Å². The van der Waals surface area contributed by atoms with Crippen molar-refractivity contribution >= 4 is 28.5 Å². The lowest BCUT2D eigenvalue weighted by molar-refractivity contribution is 0.0490. The van der Waals surface area contributed by atoms with Crippen LogP contribution in [0.1, 0.15) is 42.2 Å². The predicted octanol–water partition coefficient (Wildman–Crippen LogP) is 4.70. The third kappa shape index (κ3) is 3.20. The summed E-state index contributed by atoms with van der Waals surface area (Å²) in [5.74, 6) is -0.679. The molecule has 1 atom stereocenters. The van der Waals surface area contributed by atoms with Crippen molar-refractivity contribution in [2.75, 3.05) is 6.54 Å². The zero-order valence-corrected chi connectivity index (χ0v) is 18.5. The van der Waals surface area contributed by atoms with Crippen molar-refractivity contribution in [3.8, 4) is 0 Å². The molecule has 2 aliphatic rings. The van der Waals surface area contributed by atoms with Crippen molar-refractivity contribution < 1.29 is 14.4 Å². The van der Waals surface area contributed by atoms with Crippen LogP contribution in [0.5, 0.6) is 0 Å². The molecular formula is C29H22N2O3. The molecule has 2 aliphatic heterocycles. The minimum atomic E-state index is -0.316. The third-order valence-corrected chi connectivity index (χ3v) is 6.91. The highest BCUT2D eigenvalue weighted by Crippen LogP contribution is 2.30. The van der Waals surface area contributed by atoms with Gasteiger partial charge in [0.1, 0.15) is 0 Å². The molecule has 0 N–H and O–H groups in total. The molecule has 6 rings (SSSR count). The van der Waals surface area contributed by atoms with Gasteiger partial charge in [0, 0.05) is 12.1 Å². The van der Waals surface area contributed by atoms with E-state index >= 15 is 0 Å². The molecule has 34 heavy (non-hydrogen) atoms. The molecule has 0 saturated carbocycles. The summed E-state index contributed by atoms with van der Waals surface area (Å²) in [6.07, 6.45) is 0.583. The van der Waals surface area contributed by atoms with Gasteiger partial charge >= 0.3 is 0 Å². The summed E-state index contributed by atoms with van der Waals surface area (Å²) in [5.41, 5.74) is 3.72. The number of hydrogen-bond donors (Lipinski definition) is 0. The van der Waals surface area contributed by atoms with Crippen LogP contribution < -0.4 is 0 Å². The Morgan fingerprint density at radius 2 is 1.35 bits per heavy atom. The lowest BCUT2D eigenvalue weighted by atomic mass is 9.92. The number of hydrogen-bond acceptors (Lipinski definition) is 3. The molecule has 0 bridgehead atoms. The lowest BCUT2D eigenvalue weighted by Gasteiger charge is -2.38. The second kappa shape index (κ2) is 7.96. The molecule has 4 aromatic carbocycles. The zero-order chi connectivity index (χ0) is 23.2. The van der Waals surface area contributed by atoms with Crippen LogP contribution >= 0.6 is 0 Å². The van der Waals surface area contributed by atoms with E-state index in [2.05, 4.69) is 6.07 Å². The molecule has 2 heterocycles. The molecule has 3 amide bonds. The van der Waals surface area contributed by atoms with Crippen LogP contribution in [-0.4, -0.2) is 40.1 Å². The Hall–Kier alpha value is -4.25. The van der Waals surface area contributed by atoms with Crippen LogP contribution in [0.25, 0.3) is 10.8 Å². The first-order valence-electron chi connectivity index (χ1n) is 11.4. The summed E-state index contributed by atoms with van der Waals surface area (Å²) in [4.78, 5) is 43.2. The average molecular weight is 447 g/mol. The Balaban J connectivity index is 1.38. The molecule has 0 aromatic heterocycles. The van der Waals surface area contributed by atoms with E-state index in [1.165, 1.54) is 4.90 Å². The lowest BCUT2D eigenvalue weighted by Crippen LogP contribution is -2.51. The van der Waals surface area contributed by atoms with E-state index in [4.69, 9.17) is 0 Å². The normalized spacial score (nSPS) is 17.1. The van der Waals surface area contributed by atoms with Crippen molar-refractivity contribution in [2.24, 2.45) is 0 Å². The number of benzene rings is 4. The van der Waals surface area contributed by atoms with Gasteiger partial charge in [0.25, 0.3) is 17.7 Å². The average Bonchev–Trinajstić information content (AvgIpc) is 3.12. The number of rotatable bonds is 3. The number of imide groups is 1. The Morgan fingerprint density at radius 1 is 0.735 bits per heavy atom. The van der Waals surface area contributed by atoms with Gasteiger partial charge in [-0.05, 0) is 46.5 Å². The minimum absolute atomic E-state index is 0.0899. The van der Waals surface area contributed by atoms with Crippen LogP contribution in [0.15, 0.2) is 91.0 Å². The molecule has 0 fully saturated rings. The zero-order valence-electron chi connectivity index (χ0n) is 18.5. The van der Waals surface area contributed by atoms with E-state index in [-0.39, 0.29) is 30.3 Å². The van der Waals surface area contributed by atoms with Crippen LogP contribution in [0, 0.1) is 0 Å². The Morgan fingerprint density at radius 3 is 2.12 bits per heavy atom. The predicted molar refractivity (Wildman–Crippen MR) is 130 cm³/mol. The van der Waals surface area contributed by atoms with Crippen LogP contribution in [0.2, 0.25) is 0 Å². The first-order chi connectivity index (χ1) is 16.6. The van der Waals surface area contributed by atoms with E-state index in [1.54, 1.807) is 24.3 Å². The summed E-state index contributed by atoms with van der Waals surface area (Å²) in [5, 5.41) is 1.90. The summed E-state index contributed by atoms with van der Waals surface area (Å²) in [7, 11) is 0. The number of nitrogens with zero attached hydrogens (tertiary/aromatic N) is 2. The van der Waals surface area contributed by atoms with Gasteiger partial charge in [0.05, 0.1) is 23.7 Å². The highest BCUT2D eigenvalue weighted by atomic mass is 16.2. The topological polar surface area (TPSA) is 57.7 Å². The highest BCUT2D eigenvalue weighted by Gasteiger charge is 2.40. The molecule has 5 heteroatoms. The number of carbonyl (C=O) groups excluding carboxylic acids is 3. The third-order valence-electron chi connectivity index (χ3n) is 6.91. The van der Waals surface area contributed by atoms with Crippen molar-refractivity contribution in [1.29, 1.82) is 0 Å². The van der Waals surface area contributed by atoms with Gasteiger partial charge in [-0.15, -0.1) is 0 Å². The van der Waals surface area contributed by atoms with E-state index < -0.39 is 0 Å². The molecule has 1 unspecified atom stereocenters. The van der Waals surface area contributed by atoms with Crippen molar-refractivity contribution in [3.05, 3.63) is 119 Å². The smallest absolute Gasteiger partial charge is 0.261 e. The minimum Gasteiger partial charge on any atom is -0.329 e. The fourth-order valence-corrected chi connectivity index (χ4v) is 5.17. The maximum absolute atomic E-state index is 13.9. The quantitative estimate of drug-likeness (QED) is 0.429. The van der Waals surface area contributed by atoms with Crippen LogP contribution in [-0.2, 0) is 13.0 Å². The number of amides is 3. The van der Waals surface area contributed by atoms with Gasteiger partial charge < -0.3 is 4.90 Å². The van der Waals surface area contributed by atoms with Crippen molar-refractivity contribution in [3.63, 3.8) is 0 Å². The van der Waals surface area contributed by atoms with E-state index in [9.17, 15) is 14.4 Å². The first-order valence-corrected chi connectivity index (χ1v) is 11.4. The van der Waals surface area contributed by atoms with Crippen LogP contribution in [0.4, 0.5) is 0 Å². The summed E-state index contributed by atoms with van der Waals surface area (Å²) >= 11 is 0. The molecule has 5 nitrogen and oxygen atoms in total. The SMILES string of the molecule is O=C1c2ccccc2C(=O)N1CC1Cc2ccccc2CN1C(=O)c1cccc2ccccc12. The Kier molecular flexibility index (Phi) is 4.77. The highest BCUT2D eigenvalue weighted by molar-refractivity contribution is 6.21. The molecule has 4 aromatic rings. The fraction of sp³-hybridized carbons (Fsp3) is 0.138. The second-order valence-corrected chi connectivity index (χ2v) is 8.85. The molecule has 0 aliphatic carbocycles. The van der Waals surface area contributed by atoms with E-state index in [1.807, 2.05) is 65.6 Å². The molecular weight excluding hydrogens is 424 g/mol. The Bertz CT molecular complexity index is 1430. The number of carbonyl (C=O) groups is 3. The molecule has 0 spiro atoms. The van der Waals surface area contributed by atoms with Gasteiger partial charge in [-0.25, -0.2) is 0 Å². The van der Waals surface area contributed by atoms with Gasteiger partial charge in [0.2, 0.25) is 0 Å². The van der Waals surface area contributed by atoms with E-state index in [0.717, 1.165) is 21.9 Å². The molecule has 0 saturated heterocycles. The van der Waals surface area contributed by atoms with Gasteiger partial charge in [-0.3, -0.25) is 19.3 Å². The second-order valence-electron chi connectivity index (χ2n) is 8.85. The maximum atomic E-state index is 13.9. The first kappa shape index (κ1) is 20.4. The maximum Gasteiger partial charge on any atom is 0.261 e.